The molecular weight excluding hydrogens is 292 g/mol. The summed E-state index contributed by atoms with van der Waals surface area (Å²) in [5.74, 6) is -0.787. The van der Waals surface area contributed by atoms with Crippen molar-refractivity contribution in [3.8, 4) is 0 Å². The minimum atomic E-state index is -0.464. The molecule has 2 aromatic carbocycles. The summed E-state index contributed by atoms with van der Waals surface area (Å²) in [6, 6.07) is 11.8. The number of anilines is 1. The molecule has 0 bridgehead atoms. The van der Waals surface area contributed by atoms with Crippen LogP contribution in [0.15, 0.2) is 51.7 Å². The van der Waals surface area contributed by atoms with Gasteiger partial charge in [0.2, 0.25) is 0 Å². The Labute approximate surface area is 124 Å². The summed E-state index contributed by atoms with van der Waals surface area (Å²) in [5, 5.41) is 3.17. The lowest BCUT2D eigenvalue weighted by atomic mass is 10.2. The van der Waals surface area contributed by atoms with Gasteiger partial charge in [0, 0.05) is 12.6 Å². The summed E-state index contributed by atoms with van der Waals surface area (Å²) in [6.45, 7) is 0. The average molecular weight is 303 g/mol. The van der Waals surface area contributed by atoms with Crippen LogP contribution in [0.25, 0.3) is 11.1 Å². The predicted octanol–water partition coefficient (Wildman–Crippen LogP) is 3.04. The minimum Gasteiger partial charge on any atom is -0.408 e. The van der Waals surface area contributed by atoms with Crippen molar-refractivity contribution < 1.29 is 9.21 Å². The number of para-hydroxylation sites is 1. The van der Waals surface area contributed by atoms with Crippen LogP contribution in [0.1, 0.15) is 10.4 Å². The van der Waals surface area contributed by atoms with Crippen molar-refractivity contribution in [2.24, 2.45) is 7.05 Å². The van der Waals surface area contributed by atoms with Crippen LogP contribution >= 0.6 is 11.6 Å². The van der Waals surface area contributed by atoms with Crippen molar-refractivity contribution in [1.29, 1.82) is 0 Å². The molecule has 1 N–H and O–H groups in total. The number of hydrogen-bond donors (Lipinski definition) is 1. The summed E-state index contributed by atoms with van der Waals surface area (Å²) in [5.41, 5.74) is 1.92. The molecule has 0 aliphatic rings. The fourth-order valence-corrected chi connectivity index (χ4v) is 2.22. The Kier molecular flexibility index (Phi) is 3.27. The molecule has 21 heavy (non-hydrogen) atoms. The number of nitrogens with zero attached hydrogens (tertiary/aromatic N) is 1. The Balaban J connectivity index is 1.95. The first-order valence-electron chi connectivity index (χ1n) is 6.22. The van der Waals surface area contributed by atoms with E-state index >= 15 is 0 Å². The third-order valence-corrected chi connectivity index (χ3v) is 3.51. The number of aryl methyl sites for hydroxylation is 1. The highest BCUT2D eigenvalue weighted by Crippen LogP contribution is 2.22. The molecule has 0 saturated carbocycles. The number of halogens is 1. The molecule has 1 amide bonds. The lowest BCUT2D eigenvalue weighted by Crippen LogP contribution is -2.12. The molecule has 0 fully saturated rings. The zero-order valence-electron chi connectivity index (χ0n) is 11.1. The highest BCUT2D eigenvalue weighted by Gasteiger charge is 2.12. The Bertz CT molecular complexity index is 895. The lowest BCUT2D eigenvalue weighted by Gasteiger charge is -2.06. The minimum absolute atomic E-state index is 0.323. The smallest absolute Gasteiger partial charge is 0.408 e. The zero-order valence-corrected chi connectivity index (χ0v) is 11.8. The number of benzene rings is 2. The SMILES string of the molecule is Cn1c(=O)oc2cc(C(=O)Nc3ccccc3Cl)ccc21. The Morgan fingerprint density at radius 1 is 1.24 bits per heavy atom. The van der Waals surface area contributed by atoms with Crippen LogP contribution in [0.4, 0.5) is 5.69 Å². The van der Waals surface area contributed by atoms with E-state index in [-0.39, 0.29) is 5.91 Å². The van der Waals surface area contributed by atoms with E-state index in [4.69, 9.17) is 16.0 Å². The van der Waals surface area contributed by atoms with Gasteiger partial charge in [-0.25, -0.2) is 4.79 Å². The molecule has 1 aromatic heterocycles. The Morgan fingerprint density at radius 3 is 2.76 bits per heavy atom. The molecule has 1 heterocycles. The first-order valence-corrected chi connectivity index (χ1v) is 6.59. The largest absolute Gasteiger partial charge is 0.419 e. The van der Waals surface area contributed by atoms with Gasteiger partial charge in [0.25, 0.3) is 5.91 Å². The monoisotopic (exact) mass is 302 g/mol. The second kappa shape index (κ2) is 5.10. The Hall–Kier alpha value is -2.53. The van der Waals surface area contributed by atoms with E-state index in [1.807, 2.05) is 0 Å². The third-order valence-electron chi connectivity index (χ3n) is 3.18. The summed E-state index contributed by atoms with van der Waals surface area (Å²) >= 11 is 6.00. The van der Waals surface area contributed by atoms with Crippen molar-refractivity contribution in [2.75, 3.05) is 5.32 Å². The van der Waals surface area contributed by atoms with E-state index in [0.29, 0.717) is 27.4 Å². The van der Waals surface area contributed by atoms with Crippen LogP contribution in [-0.4, -0.2) is 10.5 Å². The molecule has 0 aliphatic heterocycles. The molecule has 3 rings (SSSR count). The number of nitrogens with one attached hydrogen (secondary N) is 1. The number of carbonyl (C=O) groups is 1. The molecule has 0 aliphatic carbocycles. The predicted molar refractivity (Wildman–Crippen MR) is 80.9 cm³/mol. The van der Waals surface area contributed by atoms with E-state index in [1.54, 1.807) is 43.4 Å². The van der Waals surface area contributed by atoms with E-state index in [1.165, 1.54) is 10.6 Å². The number of aromatic nitrogens is 1. The van der Waals surface area contributed by atoms with Crippen molar-refractivity contribution in [3.63, 3.8) is 0 Å². The Morgan fingerprint density at radius 2 is 2.00 bits per heavy atom. The molecule has 0 saturated heterocycles. The number of hydrogen-bond acceptors (Lipinski definition) is 3. The second-order valence-corrected chi connectivity index (χ2v) is 4.95. The van der Waals surface area contributed by atoms with Gasteiger partial charge < -0.3 is 9.73 Å². The zero-order chi connectivity index (χ0) is 15.0. The van der Waals surface area contributed by atoms with Gasteiger partial charge in [-0.15, -0.1) is 0 Å². The first-order chi connectivity index (χ1) is 10.1. The van der Waals surface area contributed by atoms with Gasteiger partial charge in [0.05, 0.1) is 16.2 Å². The number of oxazole rings is 1. The van der Waals surface area contributed by atoms with Crippen molar-refractivity contribution in [2.45, 2.75) is 0 Å². The highest BCUT2D eigenvalue weighted by molar-refractivity contribution is 6.33. The molecule has 0 unspecified atom stereocenters. The van der Waals surface area contributed by atoms with E-state index < -0.39 is 5.76 Å². The molecule has 0 radical (unpaired) electrons. The number of fused-ring (bicyclic) bond motifs is 1. The maximum absolute atomic E-state index is 12.2. The average Bonchev–Trinajstić information content (AvgIpc) is 2.76. The fraction of sp³-hybridized carbons (Fsp3) is 0.0667. The van der Waals surface area contributed by atoms with Crippen LogP contribution in [0.2, 0.25) is 5.02 Å². The number of carbonyl (C=O) groups excluding carboxylic acids is 1. The van der Waals surface area contributed by atoms with Gasteiger partial charge in [-0.1, -0.05) is 23.7 Å². The fourth-order valence-electron chi connectivity index (χ4n) is 2.03. The van der Waals surface area contributed by atoms with Crippen LogP contribution in [0.5, 0.6) is 0 Å². The van der Waals surface area contributed by atoms with E-state index in [2.05, 4.69) is 5.32 Å². The van der Waals surface area contributed by atoms with Crippen molar-refractivity contribution in [1.82, 2.24) is 4.57 Å². The second-order valence-electron chi connectivity index (χ2n) is 4.54. The summed E-state index contributed by atoms with van der Waals surface area (Å²) < 4.78 is 6.44. The molecule has 3 aromatic rings. The van der Waals surface area contributed by atoms with Gasteiger partial charge in [-0.2, -0.15) is 0 Å². The lowest BCUT2D eigenvalue weighted by molar-refractivity contribution is 0.102. The highest BCUT2D eigenvalue weighted by atomic mass is 35.5. The standard InChI is InChI=1S/C15H11ClN2O3/c1-18-12-7-6-9(8-13(12)21-15(18)20)14(19)17-11-5-3-2-4-10(11)16/h2-8H,1H3,(H,17,19). The van der Waals surface area contributed by atoms with Gasteiger partial charge >= 0.3 is 5.76 Å². The third kappa shape index (κ3) is 2.43. The molecular formula is C15H11ClN2O3. The van der Waals surface area contributed by atoms with Crippen molar-refractivity contribution in [3.05, 3.63) is 63.6 Å². The first kappa shape index (κ1) is 13.5. The quantitative estimate of drug-likeness (QED) is 0.791. The van der Waals surface area contributed by atoms with Crippen molar-refractivity contribution >= 4 is 34.3 Å². The molecule has 106 valence electrons. The number of amides is 1. The van der Waals surface area contributed by atoms with E-state index in [0.717, 1.165) is 0 Å². The topological polar surface area (TPSA) is 64.2 Å². The molecule has 5 nitrogen and oxygen atoms in total. The normalized spacial score (nSPS) is 10.8. The van der Waals surface area contributed by atoms with Gasteiger partial charge in [-0.3, -0.25) is 9.36 Å². The maximum Gasteiger partial charge on any atom is 0.419 e. The summed E-state index contributed by atoms with van der Waals surface area (Å²) in [4.78, 5) is 23.6. The van der Waals surface area contributed by atoms with Crippen LogP contribution in [-0.2, 0) is 7.05 Å². The summed E-state index contributed by atoms with van der Waals surface area (Å²) in [7, 11) is 1.61. The van der Waals surface area contributed by atoms with E-state index in [9.17, 15) is 9.59 Å². The van der Waals surface area contributed by atoms with Gasteiger partial charge in [0.1, 0.15) is 0 Å². The molecule has 6 heteroatoms. The molecule has 0 spiro atoms. The van der Waals surface area contributed by atoms with Crippen LogP contribution in [0.3, 0.4) is 0 Å². The van der Waals surface area contributed by atoms with Crippen LogP contribution < -0.4 is 11.1 Å². The summed E-state index contributed by atoms with van der Waals surface area (Å²) in [6.07, 6.45) is 0. The number of rotatable bonds is 2. The van der Waals surface area contributed by atoms with Crippen LogP contribution in [0, 0.1) is 0 Å². The molecule has 0 atom stereocenters. The van der Waals surface area contributed by atoms with Gasteiger partial charge in [0.15, 0.2) is 5.58 Å². The maximum atomic E-state index is 12.2. The van der Waals surface area contributed by atoms with Gasteiger partial charge in [-0.05, 0) is 30.3 Å².